The molecule has 0 aliphatic heterocycles. The Balaban J connectivity index is 1.77. The summed E-state index contributed by atoms with van der Waals surface area (Å²) >= 11 is 5.98. The Kier molecular flexibility index (Phi) is 4.14. The maximum absolute atomic E-state index is 13.0. The molecular weight excluding hydrogens is 330 g/mol. The molecule has 0 saturated heterocycles. The summed E-state index contributed by atoms with van der Waals surface area (Å²) in [5.74, 6) is 0.337. The second-order valence-corrected chi connectivity index (χ2v) is 7.01. The summed E-state index contributed by atoms with van der Waals surface area (Å²) in [4.78, 5) is 17.5. The van der Waals surface area contributed by atoms with Crippen molar-refractivity contribution in [2.45, 2.75) is 25.7 Å². The third-order valence-corrected chi connectivity index (χ3v) is 5.21. The fourth-order valence-electron chi connectivity index (χ4n) is 3.67. The van der Waals surface area contributed by atoms with Crippen molar-refractivity contribution < 1.29 is 4.79 Å². The van der Waals surface area contributed by atoms with Crippen LogP contribution in [0, 0.1) is 6.92 Å². The monoisotopic (exact) mass is 347 g/mol. The number of hydrogen-bond acceptors (Lipinski definition) is 2. The van der Waals surface area contributed by atoms with E-state index in [1.165, 1.54) is 5.56 Å². The van der Waals surface area contributed by atoms with Crippen molar-refractivity contribution >= 4 is 17.4 Å². The lowest BCUT2D eigenvalue weighted by Crippen LogP contribution is -2.21. The first kappa shape index (κ1) is 16.0. The van der Waals surface area contributed by atoms with Crippen molar-refractivity contribution in [3.63, 3.8) is 0 Å². The third kappa shape index (κ3) is 2.98. The van der Waals surface area contributed by atoms with Gasteiger partial charge < -0.3 is 0 Å². The molecule has 1 aromatic heterocycles. The van der Waals surface area contributed by atoms with Gasteiger partial charge in [-0.25, -0.2) is 0 Å². The molecule has 4 rings (SSSR count). The zero-order valence-corrected chi connectivity index (χ0v) is 14.8. The zero-order chi connectivity index (χ0) is 17.4. The van der Waals surface area contributed by atoms with Gasteiger partial charge in [0.25, 0.3) is 0 Å². The number of benzene rings is 2. The number of ketones is 1. The van der Waals surface area contributed by atoms with Crippen LogP contribution >= 0.6 is 11.6 Å². The lowest BCUT2D eigenvalue weighted by Gasteiger charge is -2.25. The summed E-state index contributed by atoms with van der Waals surface area (Å²) in [5.41, 5.74) is 6.12. The number of halogens is 1. The number of nitrogens with zero attached hydrogens (tertiary/aromatic N) is 1. The normalized spacial score (nSPS) is 16.6. The maximum Gasteiger partial charge on any atom is 0.165 e. The van der Waals surface area contributed by atoms with E-state index in [4.69, 9.17) is 11.6 Å². The molecule has 1 aliphatic carbocycles. The van der Waals surface area contributed by atoms with Gasteiger partial charge in [-0.2, -0.15) is 0 Å². The third-order valence-electron chi connectivity index (χ3n) is 4.96. The number of carbonyl (C=O) groups excluding carboxylic acids is 1. The van der Waals surface area contributed by atoms with Crippen molar-refractivity contribution in [2.24, 2.45) is 0 Å². The summed E-state index contributed by atoms with van der Waals surface area (Å²) in [5, 5.41) is 0.714. The summed E-state index contributed by atoms with van der Waals surface area (Å²) in [6.45, 7) is 2.08. The Morgan fingerprint density at radius 2 is 1.72 bits per heavy atom. The predicted octanol–water partition coefficient (Wildman–Crippen LogP) is 5.62. The van der Waals surface area contributed by atoms with Crippen LogP contribution in [0.5, 0.6) is 0 Å². The standard InChI is InChI=1S/C22H18ClNO/c1-14-4-2-3-5-18(14)19-10-11-24-20-12-16(13-21(25)22(19)20)15-6-8-17(23)9-7-15/h2-11,16H,12-13H2,1H3/t16-/m0/s1. The van der Waals surface area contributed by atoms with E-state index >= 15 is 0 Å². The topological polar surface area (TPSA) is 30.0 Å². The molecule has 25 heavy (non-hydrogen) atoms. The van der Waals surface area contributed by atoms with Crippen molar-refractivity contribution in [1.82, 2.24) is 4.98 Å². The van der Waals surface area contributed by atoms with Crippen molar-refractivity contribution in [2.75, 3.05) is 0 Å². The highest BCUT2D eigenvalue weighted by atomic mass is 35.5. The average molecular weight is 348 g/mol. The molecule has 0 saturated carbocycles. The Morgan fingerprint density at radius 3 is 2.48 bits per heavy atom. The zero-order valence-electron chi connectivity index (χ0n) is 14.0. The molecule has 3 aromatic rings. The molecule has 0 bridgehead atoms. The summed E-state index contributed by atoms with van der Waals surface area (Å²) in [6.07, 6.45) is 3.11. The van der Waals surface area contributed by atoms with Crippen LogP contribution in [0.4, 0.5) is 0 Å². The van der Waals surface area contributed by atoms with E-state index in [-0.39, 0.29) is 11.7 Å². The minimum absolute atomic E-state index is 0.164. The van der Waals surface area contributed by atoms with Gasteiger partial charge in [0, 0.05) is 23.2 Å². The number of aryl methyl sites for hydroxylation is 1. The number of rotatable bonds is 2. The van der Waals surface area contributed by atoms with Crippen molar-refractivity contribution in [1.29, 1.82) is 0 Å². The fraction of sp³-hybridized carbons (Fsp3) is 0.182. The first-order chi connectivity index (χ1) is 12.1. The Hall–Kier alpha value is -2.45. The number of fused-ring (bicyclic) bond motifs is 1. The van der Waals surface area contributed by atoms with Crippen LogP contribution < -0.4 is 0 Å². The van der Waals surface area contributed by atoms with Crippen LogP contribution in [-0.2, 0) is 6.42 Å². The average Bonchev–Trinajstić information content (AvgIpc) is 2.62. The molecule has 1 heterocycles. The van der Waals surface area contributed by atoms with E-state index in [0.29, 0.717) is 11.4 Å². The quantitative estimate of drug-likeness (QED) is 0.602. The molecule has 3 heteroatoms. The molecule has 0 N–H and O–H groups in total. The van der Waals surface area contributed by atoms with E-state index < -0.39 is 0 Å². The van der Waals surface area contributed by atoms with E-state index in [1.54, 1.807) is 0 Å². The van der Waals surface area contributed by atoms with Crippen LogP contribution in [0.25, 0.3) is 11.1 Å². The summed E-state index contributed by atoms with van der Waals surface area (Å²) in [7, 11) is 0. The minimum atomic E-state index is 0.164. The molecule has 1 atom stereocenters. The van der Waals surface area contributed by atoms with Gasteiger partial charge in [0.15, 0.2) is 5.78 Å². The number of pyridine rings is 1. The van der Waals surface area contributed by atoms with E-state index in [2.05, 4.69) is 24.0 Å². The Labute approximate surface area is 152 Å². The van der Waals surface area contributed by atoms with Gasteiger partial charge in [-0.05, 0) is 59.7 Å². The van der Waals surface area contributed by atoms with Crippen LogP contribution in [-0.4, -0.2) is 10.8 Å². The molecule has 0 spiro atoms. The number of Topliss-reactive ketones (excluding diaryl/α,β-unsaturated/α-hetero) is 1. The van der Waals surface area contributed by atoms with Crippen LogP contribution in [0.2, 0.25) is 5.02 Å². The number of hydrogen-bond donors (Lipinski definition) is 0. The molecule has 0 fully saturated rings. The number of aromatic nitrogens is 1. The second kappa shape index (κ2) is 6.45. The van der Waals surface area contributed by atoms with Crippen LogP contribution in [0.1, 0.15) is 39.5 Å². The Morgan fingerprint density at radius 1 is 0.960 bits per heavy atom. The second-order valence-electron chi connectivity index (χ2n) is 6.58. The first-order valence-corrected chi connectivity index (χ1v) is 8.84. The van der Waals surface area contributed by atoms with E-state index in [9.17, 15) is 4.79 Å². The Bertz CT molecular complexity index is 946. The highest BCUT2D eigenvalue weighted by molar-refractivity contribution is 6.30. The van der Waals surface area contributed by atoms with Gasteiger partial charge in [-0.3, -0.25) is 9.78 Å². The predicted molar refractivity (Wildman–Crippen MR) is 101 cm³/mol. The van der Waals surface area contributed by atoms with Crippen LogP contribution in [0.3, 0.4) is 0 Å². The SMILES string of the molecule is Cc1ccccc1-c1ccnc2c1C(=O)C[C@@H](c1ccc(Cl)cc1)C2. The molecule has 0 amide bonds. The molecule has 124 valence electrons. The molecule has 1 aliphatic rings. The largest absolute Gasteiger partial charge is 0.294 e. The van der Waals surface area contributed by atoms with Crippen molar-refractivity contribution in [3.05, 3.63) is 88.2 Å². The maximum atomic E-state index is 13.0. The summed E-state index contributed by atoms with van der Waals surface area (Å²) < 4.78 is 0. The highest BCUT2D eigenvalue weighted by Gasteiger charge is 2.29. The van der Waals surface area contributed by atoms with Gasteiger partial charge in [0.2, 0.25) is 0 Å². The highest BCUT2D eigenvalue weighted by Crippen LogP contribution is 2.37. The molecule has 0 radical (unpaired) electrons. The van der Waals surface area contributed by atoms with Gasteiger partial charge in [0.1, 0.15) is 0 Å². The van der Waals surface area contributed by atoms with Gasteiger partial charge in [0.05, 0.1) is 5.69 Å². The lowest BCUT2D eigenvalue weighted by molar-refractivity contribution is 0.0964. The van der Waals surface area contributed by atoms with Gasteiger partial charge in [-0.15, -0.1) is 0 Å². The van der Waals surface area contributed by atoms with Gasteiger partial charge in [-0.1, -0.05) is 48.0 Å². The van der Waals surface area contributed by atoms with E-state index in [0.717, 1.165) is 34.4 Å². The lowest BCUT2D eigenvalue weighted by atomic mass is 9.79. The molecule has 2 nitrogen and oxygen atoms in total. The smallest absolute Gasteiger partial charge is 0.165 e. The van der Waals surface area contributed by atoms with E-state index in [1.807, 2.05) is 48.7 Å². The van der Waals surface area contributed by atoms with Gasteiger partial charge >= 0.3 is 0 Å². The van der Waals surface area contributed by atoms with Crippen LogP contribution in [0.15, 0.2) is 60.8 Å². The summed E-state index contributed by atoms with van der Waals surface area (Å²) in [6, 6.07) is 17.9. The first-order valence-electron chi connectivity index (χ1n) is 8.46. The fourth-order valence-corrected chi connectivity index (χ4v) is 3.80. The minimum Gasteiger partial charge on any atom is -0.294 e. The number of carbonyl (C=O) groups is 1. The molecule has 0 unspecified atom stereocenters. The molecule has 2 aromatic carbocycles. The molecular formula is C22H18ClNO. The van der Waals surface area contributed by atoms with Crippen molar-refractivity contribution in [3.8, 4) is 11.1 Å².